The van der Waals surface area contributed by atoms with Crippen LogP contribution in [-0.4, -0.2) is 31.6 Å². The summed E-state index contributed by atoms with van der Waals surface area (Å²) in [4.78, 5) is 26.8. The van der Waals surface area contributed by atoms with E-state index in [-0.39, 0.29) is 18.4 Å². The highest BCUT2D eigenvalue weighted by molar-refractivity contribution is 6.00. The molecule has 2 amide bonds. The molecule has 1 aliphatic heterocycles. The lowest BCUT2D eigenvalue weighted by Crippen LogP contribution is -2.42. The van der Waals surface area contributed by atoms with E-state index in [1.54, 1.807) is 23.1 Å². The van der Waals surface area contributed by atoms with E-state index >= 15 is 0 Å². The number of anilines is 2. The normalized spacial score (nSPS) is 15.3. The Hall–Kier alpha value is -3.02. The second-order valence-corrected chi connectivity index (χ2v) is 7.55. The first kappa shape index (κ1) is 19.7. The monoisotopic (exact) mass is 382 g/mol. The number of carbonyl (C=O) groups is 2. The van der Waals surface area contributed by atoms with Crippen LogP contribution in [0, 0.1) is 12.3 Å². The van der Waals surface area contributed by atoms with Crippen LogP contribution >= 0.6 is 0 Å². The van der Waals surface area contributed by atoms with Gasteiger partial charge >= 0.3 is 0 Å². The maximum atomic E-state index is 12.8. The molecule has 28 heavy (non-hydrogen) atoms. The van der Waals surface area contributed by atoms with E-state index in [1.165, 1.54) is 0 Å². The maximum Gasteiger partial charge on any atom is 0.262 e. The van der Waals surface area contributed by atoms with Gasteiger partial charge in [0.25, 0.3) is 5.91 Å². The minimum Gasteiger partial charge on any atom is -0.490 e. The third-order valence-electron chi connectivity index (χ3n) is 4.65. The van der Waals surface area contributed by atoms with Gasteiger partial charge in [-0.2, -0.15) is 0 Å². The molecule has 2 aromatic rings. The van der Waals surface area contributed by atoms with Crippen molar-refractivity contribution in [1.29, 1.82) is 0 Å². The number of fused-ring (bicyclic) bond motifs is 1. The number of aryl methyl sites for hydroxylation is 1. The number of nitrogens with one attached hydrogen (secondary N) is 1. The van der Waals surface area contributed by atoms with Gasteiger partial charge in [-0.25, -0.2) is 0 Å². The first-order valence-corrected chi connectivity index (χ1v) is 9.38. The highest BCUT2D eigenvalue weighted by Crippen LogP contribution is 2.38. The predicted octanol–water partition coefficient (Wildman–Crippen LogP) is 3.78. The molecular formula is C22H26N2O4. The predicted molar refractivity (Wildman–Crippen MR) is 109 cm³/mol. The average molecular weight is 382 g/mol. The molecule has 1 N–H and O–H groups in total. The number of ether oxygens (including phenoxy) is 2. The summed E-state index contributed by atoms with van der Waals surface area (Å²) in [5.74, 6) is 1.00. The number of hydrogen-bond acceptors (Lipinski definition) is 4. The smallest absolute Gasteiger partial charge is 0.262 e. The second-order valence-electron chi connectivity index (χ2n) is 7.55. The van der Waals surface area contributed by atoms with Crippen molar-refractivity contribution in [1.82, 2.24) is 0 Å². The molecule has 0 aliphatic carbocycles. The number of amides is 2. The lowest BCUT2D eigenvalue weighted by molar-refractivity contribution is -0.127. The molecule has 0 aromatic heterocycles. The second kappa shape index (κ2) is 7.92. The first-order valence-electron chi connectivity index (χ1n) is 9.38. The van der Waals surface area contributed by atoms with Crippen molar-refractivity contribution < 1.29 is 19.1 Å². The molecule has 0 unspecified atom stereocenters. The summed E-state index contributed by atoms with van der Waals surface area (Å²) in [5.41, 5.74) is 1.77. The molecule has 0 spiro atoms. The molecule has 2 aromatic carbocycles. The van der Waals surface area contributed by atoms with Gasteiger partial charge in [-0.05, 0) is 58.0 Å². The van der Waals surface area contributed by atoms with E-state index in [0.717, 1.165) is 5.56 Å². The zero-order chi connectivity index (χ0) is 20.3. The Balaban J connectivity index is 1.71. The number of hydrogen-bond donors (Lipinski definition) is 1. The molecule has 0 bridgehead atoms. The van der Waals surface area contributed by atoms with Gasteiger partial charge in [0.05, 0.1) is 11.1 Å². The quantitative estimate of drug-likeness (QED) is 0.854. The molecule has 0 fully saturated rings. The van der Waals surface area contributed by atoms with Crippen molar-refractivity contribution in [3.8, 4) is 11.5 Å². The van der Waals surface area contributed by atoms with Crippen molar-refractivity contribution in [3.05, 3.63) is 48.0 Å². The van der Waals surface area contributed by atoms with E-state index < -0.39 is 5.41 Å². The van der Waals surface area contributed by atoms with Crippen LogP contribution in [0.3, 0.4) is 0 Å². The third-order valence-corrected chi connectivity index (χ3v) is 4.65. The summed E-state index contributed by atoms with van der Waals surface area (Å²) in [6.45, 7) is 8.38. The number of carbonyl (C=O) groups excluding carboxylic acids is 2. The van der Waals surface area contributed by atoms with Gasteiger partial charge in [0.15, 0.2) is 6.61 Å². The van der Waals surface area contributed by atoms with Crippen LogP contribution < -0.4 is 19.7 Å². The van der Waals surface area contributed by atoms with Crippen molar-refractivity contribution in [2.75, 3.05) is 30.0 Å². The van der Waals surface area contributed by atoms with Crippen LogP contribution in [0.2, 0.25) is 0 Å². The fourth-order valence-corrected chi connectivity index (χ4v) is 3.02. The zero-order valence-electron chi connectivity index (χ0n) is 16.7. The number of benzene rings is 2. The van der Waals surface area contributed by atoms with Crippen molar-refractivity contribution in [3.63, 3.8) is 0 Å². The Labute approximate surface area is 165 Å². The number of rotatable bonds is 5. The molecule has 6 heteroatoms. The van der Waals surface area contributed by atoms with E-state index in [1.807, 2.05) is 52.0 Å². The maximum absolute atomic E-state index is 12.8. The van der Waals surface area contributed by atoms with Gasteiger partial charge in [0, 0.05) is 12.2 Å². The SMILES string of the molecule is CCN1C(=O)C(C)(C)COc2ccc(NC(=O)COc3ccc(C)cc3)cc21. The molecule has 1 aliphatic rings. The summed E-state index contributed by atoms with van der Waals surface area (Å²) in [7, 11) is 0. The zero-order valence-corrected chi connectivity index (χ0v) is 16.7. The largest absolute Gasteiger partial charge is 0.490 e. The number of nitrogens with zero attached hydrogens (tertiary/aromatic N) is 1. The minimum atomic E-state index is -0.611. The third kappa shape index (κ3) is 4.27. The van der Waals surface area contributed by atoms with Gasteiger partial charge < -0.3 is 19.7 Å². The van der Waals surface area contributed by atoms with Gasteiger partial charge in [-0.15, -0.1) is 0 Å². The molecule has 0 atom stereocenters. The van der Waals surface area contributed by atoms with Crippen LogP contribution in [0.15, 0.2) is 42.5 Å². The van der Waals surface area contributed by atoms with E-state index in [0.29, 0.717) is 36.0 Å². The average Bonchev–Trinajstić information content (AvgIpc) is 2.76. The Kier molecular flexibility index (Phi) is 5.58. The van der Waals surface area contributed by atoms with Gasteiger partial charge in [0.2, 0.25) is 5.91 Å². The summed E-state index contributed by atoms with van der Waals surface area (Å²) >= 11 is 0. The van der Waals surface area contributed by atoms with Gasteiger partial charge in [0.1, 0.15) is 18.1 Å². The van der Waals surface area contributed by atoms with Crippen LogP contribution in [-0.2, 0) is 9.59 Å². The molecule has 148 valence electrons. The van der Waals surface area contributed by atoms with E-state index in [2.05, 4.69) is 5.32 Å². The molecular weight excluding hydrogens is 356 g/mol. The van der Waals surface area contributed by atoms with Crippen molar-refractivity contribution in [2.24, 2.45) is 5.41 Å². The van der Waals surface area contributed by atoms with Crippen molar-refractivity contribution >= 4 is 23.2 Å². The molecule has 0 radical (unpaired) electrons. The first-order chi connectivity index (χ1) is 13.3. The lowest BCUT2D eigenvalue weighted by atomic mass is 9.93. The molecule has 0 saturated carbocycles. The topological polar surface area (TPSA) is 67.9 Å². The summed E-state index contributed by atoms with van der Waals surface area (Å²) in [5, 5.41) is 2.82. The van der Waals surface area contributed by atoms with Crippen molar-refractivity contribution in [2.45, 2.75) is 27.7 Å². The Morgan fingerprint density at radius 1 is 1.21 bits per heavy atom. The fourth-order valence-electron chi connectivity index (χ4n) is 3.02. The molecule has 3 rings (SSSR count). The minimum absolute atomic E-state index is 0.0000640. The van der Waals surface area contributed by atoms with E-state index in [4.69, 9.17) is 9.47 Å². The highest BCUT2D eigenvalue weighted by atomic mass is 16.5. The van der Waals surface area contributed by atoms with Crippen LogP contribution in [0.5, 0.6) is 11.5 Å². The molecule has 0 saturated heterocycles. The Morgan fingerprint density at radius 2 is 1.93 bits per heavy atom. The lowest BCUT2D eigenvalue weighted by Gasteiger charge is -2.27. The fraction of sp³-hybridized carbons (Fsp3) is 0.364. The van der Waals surface area contributed by atoms with Crippen LogP contribution in [0.25, 0.3) is 0 Å². The molecule has 1 heterocycles. The summed E-state index contributed by atoms with van der Waals surface area (Å²) in [6, 6.07) is 12.8. The van der Waals surface area contributed by atoms with E-state index in [9.17, 15) is 9.59 Å². The summed E-state index contributed by atoms with van der Waals surface area (Å²) in [6.07, 6.45) is 0. The van der Waals surface area contributed by atoms with Crippen LogP contribution in [0.1, 0.15) is 26.3 Å². The standard InChI is InChI=1S/C22H26N2O4/c1-5-24-18-12-16(8-11-19(18)28-14-22(3,4)21(24)26)23-20(25)13-27-17-9-6-15(2)7-10-17/h6-12H,5,13-14H2,1-4H3,(H,23,25). The van der Waals surface area contributed by atoms with Gasteiger partial charge in [-0.3, -0.25) is 9.59 Å². The Bertz CT molecular complexity index is 875. The van der Waals surface area contributed by atoms with Gasteiger partial charge in [-0.1, -0.05) is 17.7 Å². The van der Waals surface area contributed by atoms with Crippen LogP contribution in [0.4, 0.5) is 11.4 Å². The summed E-state index contributed by atoms with van der Waals surface area (Å²) < 4.78 is 11.4. The highest BCUT2D eigenvalue weighted by Gasteiger charge is 2.37. The Morgan fingerprint density at radius 3 is 2.61 bits per heavy atom. The molecule has 6 nitrogen and oxygen atoms in total.